The minimum atomic E-state index is -5.86. The molecule has 2 heterocycles. The van der Waals surface area contributed by atoms with Gasteiger partial charge in [-0.2, -0.15) is 0 Å². The van der Waals surface area contributed by atoms with Crippen LogP contribution >= 0.6 is 7.82 Å². The molecule has 0 spiro atoms. The number of benzene rings is 4. The van der Waals surface area contributed by atoms with Gasteiger partial charge in [-0.3, -0.25) is 14.4 Å². The van der Waals surface area contributed by atoms with E-state index in [1.54, 1.807) is 87.5 Å². The van der Waals surface area contributed by atoms with Crippen molar-refractivity contribution in [1.82, 2.24) is 0 Å². The quantitative estimate of drug-likeness (QED) is 0.0220. The molecule has 74 heavy (non-hydrogen) atoms. The van der Waals surface area contributed by atoms with Crippen LogP contribution in [0.15, 0.2) is 108 Å². The molecule has 22 nitrogen and oxygen atoms in total. The van der Waals surface area contributed by atoms with E-state index < -0.39 is 125 Å². The molecule has 1 unspecified atom stereocenters. The summed E-state index contributed by atoms with van der Waals surface area (Å²) < 4.78 is 69.2. The Morgan fingerprint density at radius 3 is 1.64 bits per heavy atom. The van der Waals surface area contributed by atoms with Gasteiger partial charge < -0.3 is 77.1 Å². The second-order valence-corrected chi connectivity index (χ2v) is 17.4. The molecule has 4 aromatic rings. The Morgan fingerprint density at radius 1 is 0.689 bits per heavy atom. The van der Waals surface area contributed by atoms with Gasteiger partial charge in [0.1, 0.15) is 24.3 Å². The normalized spacial score (nSPS) is 23.6. The topological polar surface area (TPSA) is 317 Å². The number of carbonyl (C=O) groups excluding carboxylic acids is 5. The zero-order valence-electron chi connectivity index (χ0n) is 41.5. The fourth-order valence-corrected chi connectivity index (χ4v) is 7.71. The van der Waals surface area contributed by atoms with E-state index in [1.165, 1.54) is 36.4 Å². The Bertz CT molecular complexity index is 2550. The van der Waals surface area contributed by atoms with E-state index in [2.05, 4.69) is 4.99 Å². The number of rotatable bonds is 19. The number of carboxylic acid groups (broad SMARTS) is 1. The summed E-state index contributed by atoms with van der Waals surface area (Å²) in [5, 5.41) is 35.4. The van der Waals surface area contributed by atoms with Crippen LogP contribution in [-0.2, 0) is 67.9 Å². The number of esters is 4. The summed E-state index contributed by atoms with van der Waals surface area (Å²) in [6, 6.07) is 24.5. The molecule has 380 valence electrons. The van der Waals surface area contributed by atoms with Crippen molar-refractivity contribution in [2.75, 3.05) is 19.8 Å². The second kappa shape index (κ2) is 30.4. The van der Waals surface area contributed by atoms with Crippen LogP contribution < -0.4 is 104 Å². The predicted octanol–water partition coefficient (Wildman–Crippen LogP) is -8.10. The number of aliphatic hydroxyl groups is 1. The number of aliphatic hydroxyl groups excluding tert-OH is 1. The SMILES string of the molecule is CC(=O)O[C@@H]1[C@@H](OP(=O)([O-])O)[C@H](OC[C@H](N=C([O-])OCc2ccccc2)C(=O)[O-])OC[C@H]1O[C@@H]1O[C@H](CO)[C@H](OC(=O)c2ccc(C)cc2)[C@H](OC(=O)c2ccc(C)cc2)[C@H]1OC(=O)c1ccc(C)cc1.[Na+].[Na+].[Na+]. The van der Waals surface area contributed by atoms with Crippen LogP contribution in [0.1, 0.15) is 60.3 Å². The minimum absolute atomic E-state index is 0. The van der Waals surface area contributed by atoms with E-state index in [0.717, 1.165) is 23.6 Å². The molecule has 0 radical (unpaired) electrons. The van der Waals surface area contributed by atoms with Crippen LogP contribution in [0.2, 0.25) is 0 Å². The van der Waals surface area contributed by atoms with Gasteiger partial charge in [0.2, 0.25) is 0 Å². The number of carbonyl (C=O) groups is 5. The number of phosphoric acid groups is 1. The minimum Gasteiger partial charge on any atom is -0.756 e. The van der Waals surface area contributed by atoms with Crippen molar-refractivity contribution in [2.45, 2.75) is 95.7 Å². The van der Waals surface area contributed by atoms with Crippen molar-refractivity contribution in [1.29, 1.82) is 0 Å². The third kappa shape index (κ3) is 18.9. The van der Waals surface area contributed by atoms with E-state index in [9.17, 15) is 53.6 Å². The molecule has 2 aliphatic heterocycles. The molecule has 2 saturated heterocycles. The van der Waals surface area contributed by atoms with E-state index in [4.69, 9.17) is 47.2 Å². The van der Waals surface area contributed by atoms with Crippen molar-refractivity contribution in [3.05, 3.63) is 142 Å². The van der Waals surface area contributed by atoms with Crippen LogP contribution in [-0.4, -0.2) is 127 Å². The molecule has 0 aromatic heterocycles. The number of hydrogen-bond acceptors (Lipinski definition) is 21. The first-order chi connectivity index (χ1) is 33.8. The average Bonchev–Trinajstić information content (AvgIpc) is 3.32. The van der Waals surface area contributed by atoms with E-state index in [0.29, 0.717) is 5.56 Å². The van der Waals surface area contributed by atoms with Crippen LogP contribution in [0.25, 0.3) is 0 Å². The van der Waals surface area contributed by atoms with Gasteiger partial charge in [-0.05, 0) is 62.7 Å². The van der Waals surface area contributed by atoms with E-state index >= 15 is 0 Å². The monoisotopic (exact) mass is 1080 g/mol. The first kappa shape index (κ1) is 64.7. The summed E-state index contributed by atoms with van der Waals surface area (Å²) in [5.74, 6) is -6.09. The number of aliphatic imine (C=N–C) groups is 1. The molecule has 0 saturated carbocycles. The number of nitrogens with zero attached hydrogens (tertiary/aromatic N) is 1. The molecule has 26 heteroatoms. The predicted molar refractivity (Wildman–Crippen MR) is 235 cm³/mol. The van der Waals surface area contributed by atoms with Crippen molar-refractivity contribution in [3.8, 4) is 0 Å². The number of aliphatic carboxylic acids is 1. The molecular formula is C48H49NNa3O21P. The first-order valence-electron chi connectivity index (χ1n) is 21.8. The van der Waals surface area contributed by atoms with Gasteiger partial charge >= 0.3 is 113 Å². The van der Waals surface area contributed by atoms with Crippen LogP contribution in [0.3, 0.4) is 0 Å². The number of phosphoric ester groups is 1. The van der Waals surface area contributed by atoms with Gasteiger partial charge in [0.05, 0.1) is 42.5 Å². The summed E-state index contributed by atoms with van der Waals surface area (Å²) >= 11 is 0. The van der Waals surface area contributed by atoms with Crippen molar-refractivity contribution >= 4 is 43.8 Å². The molecule has 11 atom stereocenters. The maximum absolute atomic E-state index is 14.0. The van der Waals surface area contributed by atoms with Crippen molar-refractivity contribution < 1.29 is 189 Å². The molecule has 2 N–H and O–H groups in total. The molecule has 0 amide bonds. The fourth-order valence-electron chi connectivity index (χ4n) is 7.18. The molecule has 6 rings (SSSR count). The van der Waals surface area contributed by atoms with Gasteiger partial charge in [-0.1, -0.05) is 83.4 Å². The Balaban J connectivity index is 0.00000481. The fraction of sp³-hybridized carbons (Fsp3) is 0.375. The summed E-state index contributed by atoms with van der Waals surface area (Å²) in [4.78, 5) is 92.2. The Hall–Kier alpha value is -3.59. The standard InChI is InChI=1S/C48H52NO21P.3Na/c1-26-10-16-31(17-11-26)43(54)67-37-35(22-50)65-47(40(69-45(56)33-20-14-28(3)15-21-33)39(37)68-44(55)32-18-12-27(2)13-19-32)66-36-25-62-46(41(70-71(58,59)60)38(36)64-29(4)51)61-24-34(42(52)53)49-48(57)63-23-30-8-6-5-7-9-30;;;/h5-21,34-41,46-47,50H,22-25H2,1-4H3,(H,49,57)(H,52,53)(H2,58,59,60);;;/q;3*+1/p-3/t34-,35+,36+,37-,38-,39-,40+,41+,46+,47-;;;/m0.../s1. The van der Waals surface area contributed by atoms with E-state index in [1.807, 2.05) is 0 Å². The number of aryl methyl sites for hydroxylation is 3. The molecule has 0 bridgehead atoms. The van der Waals surface area contributed by atoms with Crippen LogP contribution in [0.5, 0.6) is 0 Å². The average molecular weight is 1080 g/mol. The summed E-state index contributed by atoms with van der Waals surface area (Å²) in [7, 11) is -5.86. The van der Waals surface area contributed by atoms with Crippen LogP contribution in [0.4, 0.5) is 0 Å². The Labute approximate surface area is 491 Å². The number of carboxylic acids is 1. The molecule has 2 fully saturated rings. The molecule has 0 aliphatic carbocycles. The van der Waals surface area contributed by atoms with Gasteiger partial charge in [-0.25, -0.2) is 14.4 Å². The third-order valence-corrected chi connectivity index (χ3v) is 11.3. The zero-order valence-corrected chi connectivity index (χ0v) is 48.4. The molecular weight excluding hydrogens is 1030 g/mol. The summed E-state index contributed by atoms with van der Waals surface area (Å²) in [6.45, 7) is 3.12. The molecule has 4 aromatic carbocycles. The zero-order chi connectivity index (χ0) is 51.4. The largest absolute Gasteiger partial charge is 1.00 e. The first-order valence-corrected chi connectivity index (χ1v) is 23.3. The van der Waals surface area contributed by atoms with Crippen molar-refractivity contribution in [3.63, 3.8) is 0 Å². The Kier molecular flexibility index (Phi) is 26.6. The second-order valence-electron chi connectivity index (χ2n) is 16.3. The van der Waals surface area contributed by atoms with Gasteiger partial charge in [-0.15, -0.1) is 0 Å². The number of ether oxygens (including phenoxy) is 9. The summed E-state index contributed by atoms with van der Waals surface area (Å²) in [6.07, 6.45) is -18.7. The molecule has 2 aliphatic rings. The van der Waals surface area contributed by atoms with Crippen LogP contribution in [0, 0.1) is 20.8 Å². The van der Waals surface area contributed by atoms with Gasteiger partial charge in [0.25, 0.3) is 7.82 Å². The van der Waals surface area contributed by atoms with Gasteiger partial charge in [0.15, 0.2) is 43.1 Å². The van der Waals surface area contributed by atoms with Gasteiger partial charge in [0, 0.05) is 13.5 Å². The number of hydrogen-bond donors (Lipinski definition) is 2. The summed E-state index contributed by atoms with van der Waals surface area (Å²) in [5.41, 5.74) is 2.92. The van der Waals surface area contributed by atoms with E-state index in [-0.39, 0.29) is 112 Å². The maximum atomic E-state index is 14.0. The third-order valence-electron chi connectivity index (χ3n) is 10.8. The maximum Gasteiger partial charge on any atom is 1.00 e. The smallest absolute Gasteiger partial charge is 0.756 e. The van der Waals surface area contributed by atoms with Crippen molar-refractivity contribution in [2.24, 2.45) is 4.99 Å². The Morgan fingerprint density at radius 2 is 1.18 bits per heavy atom.